The van der Waals surface area contributed by atoms with Crippen LogP contribution in [0, 0.1) is 5.82 Å². The average Bonchev–Trinajstić information content (AvgIpc) is 2.45. The quantitative estimate of drug-likeness (QED) is 0.841. The monoisotopic (exact) mass is 286 g/mol. The number of halogens is 1. The van der Waals surface area contributed by atoms with Crippen molar-refractivity contribution in [1.82, 2.24) is 5.43 Å². The van der Waals surface area contributed by atoms with Crippen LogP contribution in [0.15, 0.2) is 48.5 Å². The van der Waals surface area contributed by atoms with Crippen molar-refractivity contribution in [2.45, 2.75) is 26.2 Å². The molecule has 110 valence electrons. The molecule has 0 radical (unpaired) electrons. The maximum Gasteiger partial charge on any atom is 0.269 e. The van der Waals surface area contributed by atoms with Gasteiger partial charge in [0.15, 0.2) is 0 Å². The molecule has 21 heavy (non-hydrogen) atoms. The number of nitrogens with one attached hydrogen (secondary N) is 2. The third-order valence-corrected chi connectivity index (χ3v) is 3.14. The van der Waals surface area contributed by atoms with E-state index in [-0.39, 0.29) is 17.1 Å². The highest BCUT2D eigenvalue weighted by Gasteiger charge is 2.20. The van der Waals surface area contributed by atoms with Crippen LogP contribution in [0.3, 0.4) is 0 Å². The Bertz CT molecular complexity index is 630. The van der Waals surface area contributed by atoms with Crippen LogP contribution in [0.25, 0.3) is 0 Å². The fourth-order valence-electron chi connectivity index (χ4n) is 2.06. The van der Waals surface area contributed by atoms with Gasteiger partial charge in [0.2, 0.25) is 0 Å². The first kappa shape index (κ1) is 15.0. The van der Waals surface area contributed by atoms with E-state index in [2.05, 4.69) is 31.6 Å². The van der Waals surface area contributed by atoms with Crippen LogP contribution in [0.5, 0.6) is 0 Å². The highest BCUT2D eigenvalue weighted by Crippen LogP contribution is 2.25. The molecule has 2 N–H and O–H groups in total. The van der Waals surface area contributed by atoms with Gasteiger partial charge < -0.3 is 0 Å². The summed E-state index contributed by atoms with van der Waals surface area (Å²) in [6.07, 6.45) is 0. The van der Waals surface area contributed by atoms with Crippen LogP contribution in [0.2, 0.25) is 0 Å². The van der Waals surface area contributed by atoms with E-state index >= 15 is 0 Å². The number of amides is 1. The Balaban J connectivity index is 2.12. The summed E-state index contributed by atoms with van der Waals surface area (Å²) in [5.74, 6) is -0.533. The molecule has 0 saturated carbocycles. The van der Waals surface area contributed by atoms with Gasteiger partial charge in [-0.25, -0.2) is 4.39 Å². The Morgan fingerprint density at radius 3 is 2.24 bits per heavy atom. The van der Waals surface area contributed by atoms with Crippen molar-refractivity contribution < 1.29 is 9.18 Å². The van der Waals surface area contributed by atoms with Gasteiger partial charge in [0.05, 0.1) is 5.69 Å². The zero-order valence-corrected chi connectivity index (χ0v) is 12.4. The second kappa shape index (κ2) is 5.95. The molecule has 2 rings (SSSR count). The molecule has 0 heterocycles. The fraction of sp³-hybridized carbons (Fsp3) is 0.235. The summed E-state index contributed by atoms with van der Waals surface area (Å²) < 4.78 is 12.8. The summed E-state index contributed by atoms with van der Waals surface area (Å²) in [4.78, 5) is 12.3. The van der Waals surface area contributed by atoms with Gasteiger partial charge in [0, 0.05) is 5.56 Å². The van der Waals surface area contributed by atoms with Crippen molar-refractivity contribution in [3.63, 3.8) is 0 Å². The molecule has 0 atom stereocenters. The van der Waals surface area contributed by atoms with E-state index in [0.717, 1.165) is 5.56 Å². The predicted molar refractivity (Wildman–Crippen MR) is 82.6 cm³/mol. The molecule has 3 nitrogen and oxygen atoms in total. The minimum absolute atomic E-state index is 0.121. The first-order valence-electron chi connectivity index (χ1n) is 6.79. The Labute approximate surface area is 124 Å². The van der Waals surface area contributed by atoms with E-state index < -0.39 is 0 Å². The van der Waals surface area contributed by atoms with Crippen LogP contribution in [0.4, 0.5) is 10.1 Å². The Morgan fingerprint density at radius 1 is 1.00 bits per heavy atom. The summed E-state index contributed by atoms with van der Waals surface area (Å²) in [7, 11) is 0. The normalized spacial score (nSPS) is 11.0. The van der Waals surface area contributed by atoms with Gasteiger partial charge in [0.25, 0.3) is 5.91 Å². The van der Waals surface area contributed by atoms with Gasteiger partial charge in [-0.3, -0.25) is 15.6 Å². The lowest BCUT2D eigenvalue weighted by Gasteiger charge is -2.22. The van der Waals surface area contributed by atoms with Gasteiger partial charge in [-0.1, -0.05) is 39.0 Å². The first-order chi connectivity index (χ1) is 9.88. The lowest BCUT2D eigenvalue weighted by atomic mass is 9.83. The van der Waals surface area contributed by atoms with Crippen molar-refractivity contribution in [3.05, 3.63) is 65.5 Å². The second-order valence-corrected chi connectivity index (χ2v) is 5.88. The number of hydrogen-bond donors (Lipinski definition) is 2. The summed E-state index contributed by atoms with van der Waals surface area (Å²) >= 11 is 0. The lowest BCUT2D eigenvalue weighted by molar-refractivity contribution is 0.0960. The molecule has 0 aliphatic heterocycles. The van der Waals surface area contributed by atoms with Crippen molar-refractivity contribution in [1.29, 1.82) is 0 Å². The van der Waals surface area contributed by atoms with Gasteiger partial charge >= 0.3 is 0 Å². The summed E-state index contributed by atoms with van der Waals surface area (Å²) in [6, 6.07) is 13.3. The highest BCUT2D eigenvalue weighted by atomic mass is 19.1. The van der Waals surface area contributed by atoms with E-state index in [9.17, 15) is 9.18 Å². The summed E-state index contributed by atoms with van der Waals surface area (Å²) in [5.41, 5.74) is 7.52. The molecular weight excluding hydrogens is 267 g/mol. The Hall–Kier alpha value is -2.36. The number of carbonyl (C=O) groups excluding carboxylic acids is 1. The lowest BCUT2D eigenvalue weighted by Crippen LogP contribution is -2.31. The molecule has 0 bridgehead atoms. The molecule has 1 amide bonds. The standard InChI is InChI=1S/C17H19FN2O/c1-17(2,3)15-7-5-4-6-14(15)16(21)20-19-13-10-8-12(18)9-11-13/h4-11,19H,1-3H3,(H,20,21). The SMILES string of the molecule is CC(C)(C)c1ccccc1C(=O)NNc1ccc(F)cc1. The highest BCUT2D eigenvalue weighted by molar-refractivity contribution is 5.96. The van der Waals surface area contributed by atoms with E-state index in [1.54, 1.807) is 18.2 Å². The first-order valence-corrected chi connectivity index (χ1v) is 6.79. The minimum Gasteiger partial charge on any atom is -0.298 e. The van der Waals surface area contributed by atoms with E-state index in [1.807, 2.05) is 18.2 Å². The topological polar surface area (TPSA) is 41.1 Å². The van der Waals surface area contributed by atoms with Crippen LogP contribution >= 0.6 is 0 Å². The van der Waals surface area contributed by atoms with Crippen molar-refractivity contribution in [3.8, 4) is 0 Å². The number of benzene rings is 2. The van der Waals surface area contributed by atoms with Crippen LogP contribution in [-0.4, -0.2) is 5.91 Å². The van der Waals surface area contributed by atoms with Crippen molar-refractivity contribution >= 4 is 11.6 Å². The molecule has 0 aliphatic rings. The van der Waals surface area contributed by atoms with Crippen LogP contribution in [-0.2, 0) is 5.41 Å². The van der Waals surface area contributed by atoms with E-state index in [0.29, 0.717) is 11.3 Å². The Morgan fingerprint density at radius 2 is 1.62 bits per heavy atom. The third-order valence-electron chi connectivity index (χ3n) is 3.14. The summed E-state index contributed by atoms with van der Waals surface area (Å²) in [6.45, 7) is 6.19. The molecule has 0 saturated heterocycles. The molecule has 0 aromatic heterocycles. The fourth-order valence-corrected chi connectivity index (χ4v) is 2.06. The van der Waals surface area contributed by atoms with Gasteiger partial charge in [-0.05, 0) is 41.3 Å². The molecule has 4 heteroatoms. The molecule has 2 aromatic rings. The van der Waals surface area contributed by atoms with Crippen molar-refractivity contribution in [2.75, 3.05) is 5.43 Å². The average molecular weight is 286 g/mol. The number of anilines is 1. The maximum atomic E-state index is 12.8. The van der Waals surface area contributed by atoms with Crippen molar-refractivity contribution in [2.24, 2.45) is 0 Å². The largest absolute Gasteiger partial charge is 0.298 e. The van der Waals surface area contributed by atoms with Gasteiger partial charge in [0.1, 0.15) is 5.82 Å². The molecule has 0 unspecified atom stereocenters. The van der Waals surface area contributed by atoms with Gasteiger partial charge in [-0.15, -0.1) is 0 Å². The Kier molecular flexibility index (Phi) is 4.26. The molecule has 0 spiro atoms. The van der Waals surface area contributed by atoms with Crippen LogP contribution < -0.4 is 10.9 Å². The maximum absolute atomic E-state index is 12.8. The third kappa shape index (κ3) is 3.81. The zero-order valence-electron chi connectivity index (χ0n) is 12.4. The second-order valence-electron chi connectivity index (χ2n) is 5.88. The van der Waals surface area contributed by atoms with Gasteiger partial charge in [-0.2, -0.15) is 0 Å². The number of hydrazine groups is 1. The number of carbonyl (C=O) groups is 1. The van der Waals surface area contributed by atoms with Crippen LogP contribution in [0.1, 0.15) is 36.7 Å². The van der Waals surface area contributed by atoms with E-state index in [4.69, 9.17) is 0 Å². The summed E-state index contributed by atoms with van der Waals surface area (Å²) in [5, 5.41) is 0. The smallest absolute Gasteiger partial charge is 0.269 e. The molecule has 0 fully saturated rings. The minimum atomic E-state index is -0.315. The van der Waals surface area contributed by atoms with E-state index in [1.165, 1.54) is 12.1 Å². The molecule has 0 aliphatic carbocycles. The predicted octanol–water partition coefficient (Wildman–Crippen LogP) is 3.88. The number of rotatable bonds is 3. The zero-order chi connectivity index (χ0) is 15.5. The number of hydrogen-bond acceptors (Lipinski definition) is 2. The molecule has 2 aromatic carbocycles. The molecular formula is C17H19FN2O.